The molecule has 2 aromatic heterocycles. The summed E-state index contributed by atoms with van der Waals surface area (Å²) in [4.78, 5) is 46.9. The number of anilines is 1. The molecule has 12 heteroatoms. The number of carbonyl (C=O) groups excluding carboxylic acids is 1. The number of rotatable bonds is 5. The maximum atomic E-state index is 13.8. The van der Waals surface area contributed by atoms with Gasteiger partial charge in [-0.15, -0.1) is 0 Å². The number of aryl methyl sites for hydroxylation is 1. The van der Waals surface area contributed by atoms with Crippen LogP contribution >= 0.6 is 11.8 Å². The molecule has 10 nitrogen and oxygen atoms in total. The van der Waals surface area contributed by atoms with Crippen LogP contribution in [0.5, 0.6) is 11.5 Å². The Bertz CT molecular complexity index is 1620. The van der Waals surface area contributed by atoms with E-state index < -0.39 is 17.1 Å². The maximum Gasteiger partial charge on any atom is 0.332 e. The molecule has 3 heterocycles. The van der Waals surface area contributed by atoms with Crippen LogP contribution in [0, 0.1) is 5.82 Å². The van der Waals surface area contributed by atoms with Gasteiger partial charge >= 0.3 is 5.69 Å². The molecule has 0 bridgehead atoms. The molecule has 0 spiro atoms. The van der Waals surface area contributed by atoms with E-state index in [0.29, 0.717) is 22.7 Å². The highest BCUT2D eigenvalue weighted by Gasteiger charge is 2.20. The van der Waals surface area contributed by atoms with Gasteiger partial charge in [0.1, 0.15) is 16.2 Å². The number of ether oxygens (including phenoxy) is 2. The third-order valence-corrected chi connectivity index (χ3v) is 6.32. The summed E-state index contributed by atoms with van der Waals surface area (Å²) < 4.78 is 26.6. The summed E-state index contributed by atoms with van der Waals surface area (Å²) >= 11 is 1.01. The summed E-state index contributed by atoms with van der Waals surface area (Å²) in [6, 6.07) is 10.7. The highest BCUT2D eigenvalue weighted by Crippen LogP contribution is 2.34. The first kappa shape index (κ1) is 22.6. The first-order valence-electron chi connectivity index (χ1n) is 10.4. The van der Waals surface area contributed by atoms with Crippen LogP contribution in [-0.2, 0) is 18.9 Å². The summed E-state index contributed by atoms with van der Waals surface area (Å²) in [5.41, 5.74) is -0.181. The highest BCUT2D eigenvalue weighted by molar-refractivity contribution is 8.00. The van der Waals surface area contributed by atoms with Crippen molar-refractivity contribution in [2.45, 2.75) is 5.03 Å². The predicted octanol–water partition coefficient (Wildman–Crippen LogP) is 2.29. The number of halogens is 1. The monoisotopic (exact) mass is 495 g/mol. The molecule has 1 aliphatic rings. The molecule has 5 rings (SSSR count). The van der Waals surface area contributed by atoms with Gasteiger partial charge < -0.3 is 14.8 Å². The number of amides is 1. The fourth-order valence-corrected chi connectivity index (χ4v) is 4.41. The summed E-state index contributed by atoms with van der Waals surface area (Å²) in [6.07, 6.45) is 0. The number of hydrogen-bond donors (Lipinski definition) is 1. The summed E-state index contributed by atoms with van der Waals surface area (Å²) in [6.45, 7) is 0.120. The molecule has 2 aromatic carbocycles. The van der Waals surface area contributed by atoms with Crippen LogP contribution < -0.4 is 26.0 Å². The molecular formula is C23H18FN5O5S. The number of thioether (sulfide) groups is 1. The zero-order chi connectivity index (χ0) is 24.7. The van der Waals surface area contributed by atoms with E-state index in [0.717, 1.165) is 16.3 Å². The Hall–Kier alpha value is -4.19. The fraction of sp³-hybridized carbons (Fsp3) is 0.174. The first-order valence-corrected chi connectivity index (χ1v) is 11.4. The molecule has 0 aliphatic carbocycles. The quantitative estimate of drug-likeness (QED) is 0.331. The van der Waals surface area contributed by atoms with Crippen molar-refractivity contribution in [3.05, 3.63) is 69.1 Å². The lowest BCUT2D eigenvalue weighted by molar-refractivity contribution is -0.113. The van der Waals surface area contributed by atoms with Gasteiger partial charge in [0.15, 0.2) is 23.0 Å². The largest absolute Gasteiger partial charge is 0.454 e. The predicted molar refractivity (Wildman–Crippen MR) is 127 cm³/mol. The topological polar surface area (TPSA) is 117 Å². The van der Waals surface area contributed by atoms with E-state index in [4.69, 9.17) is 9.47 Å². The minimum atomic E-state index is -0.590. The van der Waals surface area contributed by atoms with Crippen LogP contribution in [0.1, 0.15) is 0 Å². The first-order chi connectivity index (χ1) is 16.8. The second kappa shape index (κ2) is 8.87. The lowest BCUT2D eigenvalue weighted by atomic mass is 10.2. The van der Waals surface area contributed by atoms with Gasteiger partial charge in [-0.25, -0.2) is 19.2 Å². The average Bonchev–Trinajstić information content (AvgIpc) is 3.32. The highest BCUT2D eigenvalue weighted by atomic mass is 32.2. The van der Waals surface area contributed by atoms with Crippen molar-refractivity contribution in [1.29, 1.82) is 0 Å². The van der Waals surface area contributed by atoms with E-state index in [9.17, 15) is 18.8 Å². The van der Waals surface area contributed by atoms with E-state index >= 15 is 0 Å². The molecule has 0 saturated carbocycles. The summed E-state index contributed by atoms with van der Waals surface area (Å²) in [5, 5.41) is 3.06. The SMILES string of the molecule is Cn1c(=O)c2c(SCC(=O)Nc3ccc4c(c3)OCO4)nc(-c3cccc(F)c3)nc2n(C)c1=O. The van der Waals surface area contributed by atoms with Crippen molar-refractivity contribution in [2.24, 2.45) is 14.1 Å². The normalized spacial score (nSPS) is 12.2. The zero-order valence-electron chi connectivity index (χ0n) is 18.6. The molecule has 4 aromatic rings. The van der Waals surface area contributed by atoms with Gasteiger partial charge in [0.2, 0.25) is 12.7 Å². The van der Waals surface area contributed by atoms with Gasteiger partial charge in [0.05, 0.1) is 5.75 Å². The average molecular weight is 495 g/mol. The van der Waals surface area contributed by atoms with Crippen molar-refractivity contribution in [3.8, 4) is 22.9 Å². The lowest BCUT2D eigenvalue weighted by Gasteiger charge is -2.12. The van der Waals surface area contributed by atoms with E-state index in [1.165, 1.54) is 36.9 Å². The number of carbonyl (C=O) groups is 1. The van der Waals surface area contributed by atoms with Gasteiger partial charge in [0, 0.05) is 31.4 Å². The van der Waals surface area contributed by atoms with Crippen molar-refractivity contribution in [1.82, 2.24) is 19.1 Å². The number of benzene rings is 2. The molecule has 1 amide bonds. The molecule has 0 fully saturated rings. The number of nitrogens with one attached hydrogen (secondary N) is 1. The van der Waals surface area contributed by atoms with Gasteiger partial charge in [-0.1, -0.05) is 23.9 Å². The Morgan fingerprint density at radius 3 is 2.69 bits per heavy atom. The van der Waals surface area contributed by atoms with E-state index in [1.807, 2.05) is 0 Å². The standard InChI is InChI=1S/C23H18FN5O5S/c1-28-20-18(22(31)29(2)23(28)32)21(27-19(26-20)12-4-3-5-13(24)8-12)35-10-17(30)25-14-6-7-15-16(9-14)34-11-33-15/h3-9H,10-11H2,1-2H3,(H,25,30). The minimum Gasteiger partial charge on any atom is -0.454 e. The van der Waals surface area contributed by atoms with Crippen molar-refractivity contribution in [2.75, 3.05) is 17.9 Å². The smallest absolute Gasteiger partial charge is 0.332 e. The summed E-state index contributed by atoms with van der Waals surface area (Å²) in [7, 11) is 2.83. The van der Waals surface area contributed by atoms with Crippen LogP contribution in [0.3, 0.4) is 0 Å². The third-order valence-electron chi connectivity index (χ3n) is 5.35. The van der Waals surface area contributed by atoms with Crippen LogP contribution in [0.15, 0.2) is 57.1 Å². The van der Waals surface area contributed by atoms with Crippen molar-refractivity contribution in [3.63, 3.8) is 0 Å². The number of nitrogens with zero attached hydrogens (tertiary/aromatic N) is 4. The molecule has 0 saturated heterocycles. The second-order valence-corrected chi connectivity index (χ2v) is 8.64. The molecule has 1 N–H and O–H groups in total. The van der Waals surface area contributed by atoms with E-state index in [2.05, 4.69) is 15.3 Å². The maximum absolute atomic E-state index is 13.8. The Morgan fingerprint density at radius 2 is 1.89 bits per heavy atom. The number of hydrogen-bond acceptors (Lipinski definition) is 8. The number of aromatic nitrogens is 4. The van der Waals surface area contributed by atoms with Crippen molar-refractivity contribution < 1.29 is 18.7 Å². The van der Waals surface area contributed by atoms with Crippen LogP contribution in [0.2, 0.25) is 0 Å². The minimum absolute atomic E-state index is 0.0882. The Kier molecular flexibility index (Phi) is 5.73. The Labute approximate surface area is 201 Å². The Morgan fingerprint density at radius 1 is 1.09 bits per heavy atom. The molecule has 178 valence electrons. The van der Waals surface area contributed by atoms with E-state index in [-0.39, 0.29) is 40.3 Å². The van der Waals surface area contributed by atoms with Gasteiger partial charge in [-0.3, -0.25) is 18.7 Å². The number of fused-ring (bicyclic) bond motifs is 2. The molecule has 0 radical (unpaired) electrons. The van der Waals surface area contributed by atoms with E-state index in [1.54, 1.807) is 24.3 Å². The molecule has 0 atom stereocenters. The molecule has 35 heavy (non-hydrogen) atoms. The van der Waals surface area contributed by atoms with Crippen molar-refractivity contribution >= 4 is 34.4 Å². The fourth-order valence-electron chi connectivity index (χ4n) is 3.60. The van der Waals surface area contributed by atoms with Crippen LogP contribution in [0.4, 0.5) is 10.1 Å². The molecular weight excluding hydrogens is 477 g/mol. The van der Waals surface area contributed by atoms with Gasteiger partial charge in [-0.05, 0) is 24.3 Å². The van der Waals surface area contributed by atoms with Gasteiger partial charge in [0.25, 0.3) is 5.56 Å². The van der Waals surface area contributed by atoms with Gasteiger partial charge in [-0.2, -0.15) is 0 Å². The van der Waals surface area contributed by atoms with Crippen LogP contribution in [-0.4, -0.2) is 37.6 Å². The Balaban J connectivity index is 1.51. The zero-order valence-corrected chi connectivity index (χ0v) is 19.4. The molecule has 0 unspecified atom stereocenters. The second-order valence-electron chi connectivity index (χ2n) is 7.67. The molecule has 1 aliphatic heterocycles. The third kappa shape index (κ3) is 4.23. The lowest BCUT2D eigenvalue weighted by Crippen LogP contribution is -2.37. The van der Waals surface area contributed by atoms with Crippen LogP contribution in [0.25, 0.3) is 22.4 Å². The summed E-state index contributed by atoms with van der Waals surface area (Å²) in [5.74, 6) is 0.322.